The maximum Gasteiger partial charge on any atom is 0.251 e. The number of nitrogens with zero attached hydrogens (tertiary/aromatic N) is 1. The van der Waals surface area contributed by atoms with E-state index in [2.05, 4.69) is 12.2 Å². The topological polar surface area (TPSA) is 66.5 Å². The molecule has 0 spiro atoms. The van der Waals surface area contributed by atoms with Gasteiger partial charge in [0.15, 0.2) is 0 Å². The van der Waals surface area contributed by atoms with E-state index < -0.39 is 10.0 Å². The largest absolute Gasteiger partial charge is 0.349 e. The second-order valence-corrected chi connectivity index (χ2v) is 11.5. The van der Waals surface area contributed by atoms with Crippen molar-refractivity contribution in [3.8, 4) is 0 Å². The SMILES string of the molecule is CCN(CC)S(=O)(=O)c1ccc(C(=O)N[C@@H](C)C23CC4CC(CC(C4)C2)C3)cc1. The lowest BCUT2D eigenvalue weighted by atomic mass is 9.48. The third-order valence-corrected chi connectivity index (χ3v) is 9.88. The molecule has 160 valence electrons. The molecule has 0 heterocycles. The summed E-state index contributed by atoms with van der Waals surface area (Å²) in [5.41, 5.74) is 0.788. The maximum absolute atomic E-state index is 12.9. The average Bonchev–Trinajstić information content (AvgIpc) is 2.67. The molecule has 1 atom stereocenters. The fourth-order valence-corrected chi connectivity index (χ4v) is 8.09. The second-order valence-electron chi connectivity index (χ2n) is 9.59. The Hall–Kier alpha value is -1.40. The molecule has 5 rings (SSSR count). The number of amides is 1. The van der Waals surface area contributed by atoms with Gasteiger partial charge in [-0.15, -0.1) is 0 Å². The third-order valence-electron chi connectivity index (χ3n) is 7.81. The molecule has 1 aromatic carbocycles. The molecule has 4 bridgehead atoms. The molecule has 29 heavy (non-hydrogen) atoms. The molecular formula is C23H34N2O3S. The van der Waals surface area contributed by atoms with Gasteiger partial charge in [0.25, 0.3) is 5.91 Å². The van der Waals surface area contributed by atoms with Crippen LogP contribution in [0.3, 0.4) is 0 Å². The molecule has 0 unspecified atom stereocenters. The van der Waals surface area contributed by atoms with Crippen molar-refractivity contribution in [3.05, 3.63) is 29.8 Å². The molecule has 0 aromatic heterocycles. The van der Waals surface area contributed by atoms with Crippen LogP contribution in [-0.4, -0.2) is 37.8 Å². The van der Waals surface area contributed by atoms with Gasteiger partial charge in [-0.1, -0.05) is 13.8 Å². The highest BCUT2D eigenvalue weighted by molar-refractivity contribution is 7.89. The first-order chi connectivity index (χ1) is 13.8. The van der Waals surface area contributed by atoms with Crippen molar-refractivity contribution in [2.24, 2.45) is 23.2 Å². The van der Waals surface area contributed by atoms with Gasteiger partial charge in [0.1, 0.15) is 0 Å². The molecule has 5 nitrogen and oxygen atoms in total. The van der Waals surface area contributed by atoms with Gasteiger partial charge in [0, 0.05) is 24.7 Å². The summed E-state index contributed by atoms with van der Waals surface area (Å²) in [7, 11) is -3.50. The van der Waals surface area contributed by atoms with Crippen LogP contribution < -0.4 is 5.32 Å². The molecule has 4 aliphatic rings. The lowest BCUT2D eigenvalue weighted by Crippen LogP contribution is -2.55. The minimum Gasteiger partial charge on any atom is -0.349 e. The van der Waals surface area contributed by atoms with Crippen LogP contribution in [0, 0.1) is 23.2 Å². The Morgan fingerprint density at radius 3 is 1.97 bits per heavy atom. The van der Waals surface area contributed by atoms with Crippen LogP contribution in [0.5, 0.6) is 0 Å². The standard InChI is InChI=1S/C23H34N2O3S/c1-4-25(5-2)29(27,28)21-8-6-20(7-9-21)22(26)24-16(3)23-13-17-10-18(14-23)12-19(11-17)15-23/h6-9,16-19H,4-5,10-15H2,1-3H3,(H,24,26)/t16-,17?,18?,19?,23?/m0/s1. The van der Waals surface area contributed by atoms with E-state index in [0.29, 0.717) is 18.7 Å². The molecule has 1 aromatic rings. The summed E-state index contributed by atoms with van der Waals surface area (Å²) in [5.74, 6) is 2.46. The molecular weight excluding hydrogens is 384 g/mol. The van der Waals surface area contributed by atoms with Gasteiger partial charge in [0.05, 0.1) is 4.90 Å². The van der Waals surface area contributed by atoms with Crippen molar-refractivity contribution in [3.63, 3.8) is 0 Å². The number of carbonyl (C=O) groups excluding carboxylic acids is 1. The average molecular weight is 419 g/mol. The molecule has 0 saturated heterocycles. The van der Waals surface area contributed by atoms with Gasteiger partial charge in [-0.05, 0) is 92.9 Å². The van der Waals surface area contributed by atoms with E-state index in [1.54, 1.807) is 24.3 Å². The number of hydrogen-bond donors (Lipinski definition) is 1. The van der Waals surface area contributed by atoms with E-state index in [1.165, 1.54) is 42.8 Å². The van der Waals surface area contributed by atoms with Gasteiger partial charge in [-0.25, -0.2) is 8.42 Å². The molecule has 0 aliphatic heterocycles. The summed E-state index contributed by atoms with van der Waals surface area (Å²) >= 11 is 0. The number of rotatable bonds is 7. The van der Waals surface area contributed by atoms with Crippen molar-refractivity contribution in [1.29, 1.82) is 0 Å². The normalized spacial score (nSPS) is 31.8. The lowest BCUT2D eigenvalue weighted by Gasteiger charge is -2.59. The Bertz CT molecular complexity index is 823. The van der Waals surface area contributed by atoms with E-state index >= 15 is 0 Å². The van der Waals surface area contributed by atoms with E-state index in [1.807, 2.05) is 13.8 Å². The zero-order chi connectivity index (χ0) is 20.8. The van der Waals surface area contributed by atoms with Gasteiger partial charge in [-0.2, -0.15) is 4.31 Å². The smallest absolute Gasteiger partial charge is 0.251 e. The minimum atomic E-state index is -3.50. The fraction of sp³-hybridized carbons (Fsp3) is 0.696. The predicted octanol–water partition coefficient (Wildman–Crippen LogP) is 4.05. The number of hydrogen-bond acceptors (Lipinski definition) is 3. The summed E-state index contributed by atoms with van der Waals surface area (Å²) < 4.78 is 26.7. The van der Waals surface area contributed by atoms with Crippen molar-refractivity contribution >= 4 is 15.9 Å². The predicted molar refractivity (Wildman–Crippen MR) is 114 cm³/mol. The zero-order valence-corrected chi connectivity index (χ0v) is 18.7. The lowest BCUT2D eigenvalue weighted by molar-refractivity contribution is -0.0688. The van der Waals surface area contributed by atoms with Gasteiger partial charge < -0.3 is 5.32 Å². The highest BCUT2D eigenvalue weighted by Gasteiger charge is 2.53. The highest BCUT2D eigenvalue weighted by Crippen LogP contribution is 2.61. The summed E-state index contributed by atoms with van der Waals surface area (Å²) in [6.45, 7) is 6.70. The Kier molecular flexibility index (Phi) is 5.53. The molecule has 4 saturated carbocycles. The molecule has 1 amide bonds. The Labute approximate surface area is 175 Å². The summed E-state index contributed by atoms with van der Waals surface area (Å²) in [6.07, 6.45) is 7.93. The molecule has 0 radical (unpaired) electrons. The molecule has 1 N–H and O–H groups in total. The maximum atomic E-state index is 12.9. The second kappa shape index (κ2) is 7.69. The fourth-order valence-electron chi connectivity index (χ4n) is 6.63. The summed E-state index contributed by atoms with van der Waals surface area (Å²) in [4.78, 5) is 13.1. The van der Waals surface area contributed by atoms with Crippen LogP contribution in [-0.2, 0) is 10.0 Å². The first-order valence-electron chi connectivity index (χ1n) is 11.2. The van der Waals surface area contributed by atoms with E-state index in [0.717, 1.165) is 17.8 Å². The Balaban J connectivity index is 1.45. The Morgan fingerprint density at radius 2 is 1.52 bits per heavy atom. The van der Waals surface area contributed by atoms with Gasteiger partial charge in [-0.3, -0.25) is 4.79 Å². The number of carbonyl (C=O) groups is 1. The highest BCUT2D eigenvalue weighted by atomic mass is 32.2. The molecule has 4 fully saturated rings. The third kappa shape index (κ3) is 3.74. The van der Waals surface area contributed by atoms with Crippen LogP contribution in [0.25, 0.3) is 0 Å². The van der Waals surface area contributed by atoms with Crippen molar-refractivity contribution in [2.75, 3.05) is 13.1 Å². The van der Waals surface area contributed by atoms with E-state index in [9.17, 15) is 13.2 Å². The Morgan fingerprint density at radius 1 is 1.03 bits per heavy atom. The van der Waals surface area contributed by atoms with Crippen LogP contribution in [0.1, 0.15) is 69.7 Å². The number of sulfonamides is 1. The van der Waals surface area contributed by atoms with Crippen LogP contribution in [0.15, 0.2) is 29.2 Å². The van der Waals surface area contributed by atoms with Crippen LogP contribution in [0.4, 0.5) is 0 Å². The van der Waals surface area contributed by atoms with Crippen molar-refractivity contribution in [1.82, 2.24) is 9.62 Å². The summed E-state index contributed by atoms with van der Waals surface area (Å²) in [6, 6.07) is 6.54. The summed E-state index contributed by atoms with van der Waals surface area (Å²) in [5, 5.41) is 3.26. The quantitative estimate of drug-likeness (QED) is 0.726. The van der Waals surface area contributed by atoms with Crippen molar-refractivity contribution in [2.45, 2.75) is 70.2 Å². The van der Waals surface area contributed by atoms with Crippen LogP contribution in [0.2, 0.25) is 0 Å². The number of nitrogens with one attached hydrogen (secondary N) is 1. The first-order valence-corrected chi connectivity index (χ1v) is 12.6. The number of benzene rings is 1. The van der Waals surface area contributed by atoms with E-state index in [-0.39, 0.29) is 22.3 Å². The van der Waals surface area contributed by atoms with E-state index in [4.69, 9.17) is 0 Å². The van der Waals surface area contributed by atoms with Crippen molar-refractivity contribution < 1.29 is 13.2 Å². The van der Waals surface area contributed by atoms with Gasteiger partial charge >= 0.3 is 0 Å². The zero-order valence-electron chi connectivity index (χ0n) is 17.9. The first kappa shape index (κ1) is 20.9. The van der Waals surface area contributed by atoms with Crippen LogP contribution >= 0.6 is 0 Å². The van der Waals surface area contributed by atoms with Gasteiger partial charge in [0.2, 0.25) is 10.0 Å². The molecule has 4 aliphatic carbocycles. The minimum absolute atomic E-state index is 0.0972. The monoisotopic (exact) mass is 418 g/mol. The molecule has 6 heteroatoms.